The summed E-state index contributed by atoms with van der Waals surface area (Å²) in [5, 5.41) is 1.25. The molecule has 2 heterocycles. The molecule has 1 aromatic carbocycles. The fourth-order valence-corrected chi connectivity index (χ4v) is 3.19. The first-order valence-electron chi connectivity index (χ1n) is 8.08. The molecule has 1 aliphatic rings. The second-order valence-corrected chi connectivity index (χ2v) is 8.20. The first-order chi connectivity index (χ1) is 11.7. The molecule has 8 heteroatoms. The fraction of sp³-hybridized carbons (Fsp3) is 0.471. The molecule has 0 radical (unpaired) electrons. The Kier molecular flexibility index (Phi) is 5.06. The van der Waals surface area contributed by atoms with Crippen LogP contribution in [0, 0.1) is 0 Å². The lowest BCUT2D eigenvalue weighted by Crippen LogP contribution is -2.50. The van der Waals surface area contributed by atoms with Crippen molar-refractivity contribution >= 4 is 50.5 Å². The van der Waals surface area contributed by atoms with Crippen LogP contribution in [-0.2, 0) is 4.74 Å². The van der Waals surface area contributed by atoms with Crippen LogP contribution in [0.3, 0.4) is 0 Å². The highest BCUT2D eigenvalue weighted by molar-refractivity contribution is 9.10. The Hall–Kier alpha value is -1.60. The van der Waals surface area contributed by atoms with Crippen molar-refractivity contribution in [1.82, 2.24) is 14.9 Å². The number of carbonyl (C=O) groups excluding carboxylic acids is 1. The van der Waals surface area contributed by atoms with Crippen LogP contribution in [0.4, 0.5) is 10.7 Å². The minimum Gasteiger partial charge on any atom is -0.444 e. The molecule has 6 nitrogen and oxygen atoms in total. The molecule has 0 spiro atoms. The first kappa shape index (κ1) is 18.2. The molecule has 2 aromatic rings. The molecule has 0 saturated carbocycles. The Labute approximate surface area is 160 Å². The molecule has 1 fully saturated rings. The van der Waals surface area contributed by atoms with Crippen LogP contribution in [0.5, 0.6) is 0 Å². The number of benzene rings is 1. The number of halogens is 2. The van der Waals surface area contributed by atoms with Crippen molar-refractivity contribution in [3.05, 3.63) is 27.8 Å². The van der Waals surface area contributed by atoms with Gasteiger partial charge in [-0.3, -0.25) is 0 Å². The van der Waals surface area contributed by atoms with Crippen molar-refractivity contribution in [3.8, 4) is 0 Å². The quantitative estimate of drug-likeness (QED) is 0.641. The van der Waals surface area contributed by atoms with Crippen LogP contribution in [0.15, 0.2) is 22.7 Å². The van der Waals surface area contributed by atoms with E-state index >= 15 is 0 Å². The van der Waals surface area contributed by atoms with Crippen LogP contribution < -0.4 is 4.90 Å². The molecule has 134 valence electrons. The zero-order valence-electron chi connectivity index (χ0n) is 14.4. The maximum Gasteiger partial charge on any atom is 0.410 e. The number of fused-ring (bicyclic) bond motifs is 1. The van der Waals surface area contributed by atoms with E-state index in [9.17, 15) is 4.79 Å². The number of rotatable bonds is 1. The summed E-state index contributed by atoms with van der Waals surface area (Å²) in [6.07, 6.45) is -0.284. The van der Waals surface area contributed by atoms with Gasteiger partial charge in [-0.1, -0.05) is 27.5 Å². The molecule has 0 aliphatic carbocycles. The zero-order valence-corrected chi connectivity index (χ0v) is 16.8. The summed E-state index contributed by atoms with van der Waals surface area (Å²) < 4.78 is 6.36. The normalized spacial score (nSPS) is 15.6. The Morgan fingerprint density at radius 3 is 2.52 bits per heavy atom. The summed E-state index contributed by atoms with van der Waals surface area (Å²) in [6, 6.07) is 5.73. The number of amides is 1. The van der Waals surface area contributed by atoms with E-state index < -0.39 is 5.60 Å². The topological polar surface area (TPSA) is 58.6 Å². The smallest absolute Gasteiger partial charge is 0.410 e. The average Bonchev–Trinajstić information content (AvgIpc) is 2.53. The molecule has 3 rings (SSSR count). The third-order valence-electron chi connectivity index (χ3n) is 3.81. The summed E-state index contributed by atoms with van der Waals surface area (Å²) in [6.45, 7) is 7.99. The molecule has 1 aliphatic heterocycles. The van der Waals surface area contributed by atoms with Gasteiger partial charge in [0.1, 0.15) is 10.8 Å². The number of anilines is 1. The monoisotopic (exact) mass is 426 g/mol. The minimum atomic E-state index is -0.489. The standard InChI is InChI=1S/C17H20BrClN4O2/c1-17(2,3)25-16(24)23-8-6-22(7-9-23)15-20-13-10-11(18)4-5-12(13)14(19)21-15/h4-5,10H,6-9H2,1-3H3. The van der Waals surface area contributed by atoms with Gasteiger partial charge < -0.3 is 14.5 Å². The van der Waals surface area contributed by atoms with Crippen LogP contribution in [0.2, 0.25) is 5.15 Å². The van der Waals surface area contributed by atoms with Gasteiger partial charge in [-0.25, -0.2) is 14.8 Å². The maximum absolute atomic E-state index is 12.2. The van der Waals surface area contributed by atoms with Crippen LogP contribution >= 0.6 is 27.5 Å². The van der Waals surface area contributed by atoms with Crippen LogP contribution in [0.25, 0.3) is 10.9 Å². The summed E-state index contributed by atoms with van der Waals surface area (Å²) in [7, 11) is 0. The summed E-state index contributed by atoms with van der Waals surface area (Å²) >= 11 is 9.76. The highest BCUT2D eigenvalue weighted by Crippen LogP contribution is 2.26. The number of aromatic nitrogens is 2. The lowest BCUT2D eigenvalue weighted by atomic mass is 10.2. The largest absolute Gasteiger partial charge is 0.444 e. The molecule has 0 unspecified atom stereocenters. The zero-order chi connectivity index (χ0) is 18.2. The number of piperazine rings is 1. The molecule has 0 bridgehead atoms. The summed E-state index contributed by atoms with van der Waals surface area (Å²) in [5.74, 6) is 0.583. The maximum atomic E-state index is 12.2. The summed E-state index contributed by atoms with van der Waals surface area (Å²) in [4.78, 5) is 24.9. The van der Waals surface area contributed by atoms with E-state index in [1.165, 1.54) is 0 Å². The van der Waals surface area contributed by atoms with Gasteiger partial charge in [-0.15, -0.1) is 0 Å². The average molecular weight is 428 g/mol. The van der Waals surface area contributed by atoms with Crippen LogP contribution in [-0.4, -0.2) is 52.7 Å². The number of nitrogens with zero attached hydrogens (tertiary/aromatic N) is 4. The van der Waals surface area contributed by atoms with E-state index in [0.717, 1.165) is 15.4 Å². The van der Waals surface area contributed by atoms with Gasteiger partial charge in [0.2, 0.25) is 5.95 Å². The van der Waals surface area contributed by atoms with Crippen LogP contribution in [0.1, 0.15) is 20.8 Å². The van der Waals surface area contributed by atoms with Crippen molar-refractivity contribution in [2.24, 2.45) is 0 Å². The molecular formula is C17H20BrClN4O2. The number of hydrogen-bond acceptors (Lipinski definition) is 5. The molecule has 25 heavy (non-hydrogen) atoms. The molecule has 1 saturated heterocycles. The van der Waals surface area contributed by atoms with Gasteiger partial charge in [0, 0.05) is 36.0 Å². The molecule has 1 amide bonds. The van der Waals surface area contributed by atoms with Gasteiger partial charge in [-0.2, -0.15) is 0 Å². The van der Waals surface area contributed by atoms with Gasteiger partial charge in [-0.05, 0) is 39.0 Å². The van der Waals surface area contributed by atoms with E-state index in [4.69, 9.17) is 16.3 Å². The van der Waals surface area contributed by atoms with Crippen molar-refractivity contribution in [2.75, 3.05) is 31.1 Å². The van der Waals surface area contributed by atoms with E-state index in [1.807, 2.05) is 43.9 Å². The fourth-order valence-electron chi connectivity index (χ4n) is 2.61. The summed E-state index contributed by atoms with van der Waals surface area (Å²) in [5.41, 5.74) is 0.301. The van der Waals surface area contributed by atoms with Crippen molar-refractivity contribution in [2.45, 2.75) is 26.4 Å². The Morgan fingerprint density at radius 1 is 1.20 bits per heavy atom. The van der Waals surface area contributed by atoms with E-state index in [1.54, 1.807) is 4.90 Å². The lowest BCUT2D eigenvalue weighted by molar-refractivity contribution is 0.0240. The third kappa shape index (κ3) is 4.33. The van der Waals surface area contributed by atoms with Crippen molar-refractivity contribution < 1.29 is 9.53 Å². The van der Waals surface area contributed by atoms with E-state index in [0.29, 0.717) is 37.3 Å². The predicted octanol–water partition coefficient (Wildman–Crippen LogP) is 4.10. The minimum absolute atomic E-state index is 0.284. The second-order valence-electron chi connectivity index (χ2n) is 6.93. The Morgan fingerprint density at radius 2 is 1.88 bits per heavy atom. The predicted molar refractivity (Wildman–Crippen MR) is 102 cm³/mol. The SMILES string of the molecule is CC(C)(C)OC(=O)N1CCN(c2nc(Cl)c3ccc(Br)cc3n2)CC1. The second kappa shape index (κ2) is 6.96. The van der Waals surface area contributed by atoms with Gasteiger partial charge >= 0.3 is 6.09 Å². The van der Waals surface area contributed by atoms with E-state index in [2.05, 4.69) is 25.9 Å². The number of carbonyl (C=O) groups is 1. The Balaban J connectivity index is 1.73. The highest BCUT2D eigenvalue weighted by atomic mass is 79.9. The van der Waals surface area contributed by atoms with Crippen molar-refractivity contribution in [1.29, 1.82) is 0 Å². The molecule has 0 atom stereocenters. The first-order valence-corrected chi connectivity index (χ1v) is 9.26. The molecular weight excluding hydrogens is 408 g/mol. The van der Waals surface area contributed by atoms with Gasteiger partial charge in [0.05, 0.1) is 5.52 Å². The van der Waals surface area contributed by atoms with Gasteiger partial charge in [0.15, 0.2) is 0 Å². The van der Waals surface area contributed by atoms with E-state index in [-0.39, 0.29) is 6.09 Å². The number of hydrogen-bond donors (Lipinski definition) is 0. The number of ether oxygens (including phenoxy) is 1. The Bertz CT molecular complexity index is 801. The highest BCUT2D eigenvalue weighted by Gasteiger charge is 2.27. The molecule has 0 N–H and O–H groups in total. The van der Waals surface area contributed by atoms with Crippen molar-refractivity contribution in [3.63, 3.8) is 0 Å². The van der Waals surface area contributed by atoms with Gasteiger partial charge in [0.25, 0.3) is 0 Å². The third-order valence-corrected chi connectivity index (χ3v) is 4.60. The molecule has 1 aromatic heterocycles. The lowest BCUT2D eigenvalue weighted by Gasteiger charge is -2.35.